The number of thioether (sulfide) groups is 2. The van der Waals surface area contributed by atoms with Crippen molar-refractivity contribution in [2.24, 2.45) is 5.84 Å². The van der Waals surface area contributed by atoms with Gasteiger partial charge in [-0.05, 0) is 24.3 Å². The Hall–Kier alpha value is -1.24. The summed E-state index contributed by atoms with van der Waals surface area (Å²) in [5.74, 6) is 6.95. The van der Waals surface area contributed by atoms with Crippen LogP contribution in [0.1, 0.15) is 11.1 Å². The molecule has 3 N–H and O–H groups in total. The Kier molecular flexibility index (Phi) is 5.07. The smallest absolute Gasteiger partial charge is 0.190 e. The molecule has 2 aromatic rings. The molecule has 0 unspecified atom stereocenters. The van der Waals surface area contributed by atoms with E-state index in [0.717, 1.165) is 15.9 Å². The second kappa shape index (κ2) is 6.79. The summed E-state index contributed by atoms with van der Waals surface area (Å²) in [6.45, 7) is 2.12. The van der Waals surface area contributed by atoms with Gasteiger partial charge in [0.2, 0.25) is 0 Å². The number of aryl methyl sites for hydroxylation is 1. The first-order valence-corrected chi connectivity index (χ1v) is 8.01. The molecular formula is C13H16N4S2. The Morgan fingerprint density at radius 1 is 1.26 bits per heavy atom. The van der Waals surface area contributed by atoms with E-state index in [-0.39, 0.29) is 0 Å². The minimum absolute atomic E-state index is 0.645. The van der Waals surface area contributed by atoms with Crippen LogP contribution in [0.15, 0.2) is 40.5 Å². The molecule has 0 radical (unpaired) electrons. The van der Waals surface area contributed by atoms with E-state index in [1.54, 1.807) is 11.8 Å². The maximum atomic E-state index is 5.41. The molecule has 2 rings (SSSR count). The van der Waals surface area contributed by atoms with Gasteiger partial charge >= 0.3 is 0 Å². The molecule has 0 amide bonds. The van der Waals surface area contributed by atoms with Crippen LogP contribution in [0.3, 0.4) is 0 Å². The molecule has 1 aromatic heterocycles. The summed E-state index contributed by atoms with van der Waals surface area (Å²) in [6.07, 6.45) is 1.95. The van der Waals surface area contributed by atoms with Crippen molar-refractivity contribution < 1.29 is 0 Å². The SMILES string of the molecule is CSc1nc(NN)cc(SCc2ccccc2C)n1. The number of rotatable bonds is 5. The molecule has 1 aromatic carbocycles. The summed E-state index contributed by atoms with van der Waals surface area (Å²) in [6, 6.07) is 10.2. The topological polar surface area (TPSA) is 63.8 Å². The summed E-state index contributed by atoms with van der Waals surface area (Å²) in [7, 11) is 0. The van der Waals surface area contributed by atoms with Crippen LogP contribution in [-0.2, 0) is 5.75 Å². The van der Waals surface area contributed by atoms with Crippen molar-refractivity contribution in [3.8, 4) is 0 Å². The first-order chi connectivity index (χ1) is 9.22. The van der Waals surface area contributed by atoms with Gasteiger partial charge in [0, 0.05) is 11.8 Å². The molecule has 0 spiro atoms. The van der Waals surface area contributed by atoms with Gasteiger partial charge in [0.05, 0.1) is 0 Å². The largest absolute Gasteiger partial charge is 0.308 e. The Labute approximate surface area is 121 Å². The van der Waals surface area contributed by atoms with Gasteiger partial charge in [0.25, 0.3) is 0 Å². The zero-order valence-corrected chi connectivity index (χ0v) is 12.5. The van der Waals surface area contributed by atoms with Gasteiger partial charge in [-0.15, -0.1) is 11.8 Å². The highest BCUT2D eigenvalue weighted by atomic mass is 32.2. The molecule has 0 saturated carbocycles. The van der Waals surface area contributed by atoms with Crippen molar-refractivity contribution >= 4 is 29.3 Å². The molecule has 4 nitrogen and oxygen atoms in total. The van der Waals surface area contributed by atoms with Crippen LogP contribution in [0, 0.1) is 6.92 Å². The fraction of sp³-hybridized carbons (Fsp3) is 0.231. The Balaban J connectivity index is 2.13. The van der Waals surface area contributed by atoms with Crippen LogP contribution >= 0.6 is 23.5 Å². The minimum Gasteiger partial charge on any atom is -0.308 e. The quantitative estimate of drug-likeness (QED) is 0.290. The van der Waals surface area contributed by atoms with Crippen LogP contribution in [0.4, 0.5) is 5.82 Å². The van der Waals surface area contributed by atoms with E-state index in [1.165, 1.54) is 22.9 Å². The third kappa shape index (κ3) is 3.86. The van der Waals surface area contributed by atoms with Crippen molar-refractivity contribution in [3.05, 3.63) is 41.5 Å². The number of hydrogen-bond acceptors (Lipinski definition) is 6. The van der Waals surface area contributed by atoms with Crippen molar-refractivity contribution in [3.63, 3.8) is 0 Å². The number of hydrogen-bond donors (Lipinski definition) is 2. The van der Waals surface area contributed by atoms with E-state index in [1.807, 2.05) is 12.3 Å². The number of hydrazine groups is 1. The van der Waals surface area contributed by atoms with Crippen LogP contribution in [0.2, 0.25) is 0 Å². The summed E-state index contributed by atoms with van der Waals surface area (Å²) >= 11 is 3.19. The fourth-order valence-corrected chi connectivity index (χ4v) is 2.98. The van der Waals surface area contributed by atoms with Crippen LogP contribution in [0.5, 0.6) is 0 Å². The van der Waals surface area contributed by atoms with Crippen molar-refractivity contribution in [2.75, 3.05) is 11.7 Å². The number of nitrogens with zero attached hydrogens (tertiary/aromatic N) is 2. The first kappa shape index (κ1) is 14.2. The summed E-state index contributed by atoms with van der Waals surface area (Å²) in [5.41, 5.74) is 5.19. The lowest BCUT2D eigenvalue weighted by Gasteiger charge is -2.07. The molecule has 100 valence electrons. The Bertz CT molecular complexity index is 538. The van der Waals surface area contributed by atoms with Crippen molar-refractivity contribution in [1.29, 1.82) is 0 Å². The maximum absolute atomic E-state index is 5.41. The minimum atomic E-state index is 0.645. The normalized spacial score (nSPS) is 10.5. The fourth-order valence-electron chi connectivity index (χ4n) is 1.57. The predicted octanol–water partition coefficient (Wildman–Crippen LogP) is 3.08. The van der Waals surface area contributed by atoms with E-state index in [0.29, 0.717) is 5.82 Å². The van der Waals surface area contributed by atoms with E-state index in [9.17, 15) is 0 Å². The third-order valence-electron chi connectivity index (χ3n) is 2.65. The number of nitrogens with two attached hydrogens (primary N) is 1. The molecule has 6 heteroatoms. The molecule has 0 saturated heterocycles. The standard InChI is InChI=1S/C13H16N4S2/c1-9-5-3-4-6-10(9)8-19-12-7-11(17-14)15-13(16-12)18-2/h3-7H,8,14H2,1-2H3,(H,15,16,17). The Morgan fingerprint density at radius 2 is 2.05 bits per heavy atom. The molecule has 0 fully saturated rings. The van der Waals surface area contributed by atoms with Gasteiger partial charge in [-0.1, -0.05) is 36.0 Å². The van der Waals surface area contributed by atoms with Crippen LogP contribution < -0.4 is 11.3 Å². The van der Waals surface area contributed by atoms with Crippen molar-refractivity contribution in [2.45, 2.75) is 22.9 Å². The molecule has 0 aliphatic carbocycles. The zero-order chi connectivity index (χ0) is 13.7. The average Bonchev–Trinajstić information content (AvgIpc) is 2.46. The highest BCUT2D eigenvalue weighted by Crippen LogP contribution is 2.25. The number of benzene rings is 1. The lowest BCUT2D eigenvalue weighted by Crippen LogP contribution is -2.09. The summed E-state index contributed by atoms with van der Waals surface area (Å²) in [5, 5.41) is 1.65. The molecule has 0 aliphatic rings. The lowest BCUT2D eigenvalue weighted by molar-refractivity contribution is 0.893. The monoisotopic (exact) mass is 292 g/mol. The molecular weight excluding hydrogens is 276 g/mol. The van der Waals surface area contributed by atoms with Gasteiger partial charge in [0.1, 0.15) is 10.8 Å². The van der Waals surface area contributed by atoms with Crippen LogP contribution in [0.25, 0.3) is 0 Å². The molecule has 1 heterocycles. The van der Waals surface area contributed by atoms with E-state index >= 15 is 0 Å². The van der Waals surface area contributed by atoms with Gasteiger partial charge < -0.3 is 5.43 Å². The van der Waals surface area contributed by atoms with Crippen LogP contribution in [-0.4, -0.2) is 16.2 Å². The molecule has 0 bridgehead atoms. The van der Waals surface area contributed by atoms with Crippen molar-refractivity contribution in [1.82, 2.24) is 9.97 Å². The van der Waals surface area contributed by atoms with E-state index < -0.39 is 0 Å². The van der Waals surface area contributed by atoms with E-state index in [2.05, 4.69) is 46.6 Å². The Morgan fingerprint density at radius 3 is 2.74 bits per heavy atom. The molecule has 19 heavy (non-hydrogen) atoms. The van der Waals surface area contributed by atoms with E-state index in [4.69, 9.17) is 5.84 Å². The summed E-state index contributed by atoms with van der Waals surface area (Å²) < 4.78 is 0. The lowest BCUT2D eigenvalue weighted by atomic mass is 10.1. The third-order valence-corrected chi connectivity index (χ3v) is 4.16. The maximum Gasteiger partial charge on any atom is 0.190 e. The molecule has 0 aliphatic heterocycles. The average molecular weight is 292 g/mol. The van der Waals surface area contributed by atoms with Gasteiger partial charge in [-0.25, -0.2) is 15.8 Å². The highest BCUT2D eigenvalue weighted by Gasteiger charge is 2.05. The molecule has 0 atom stereocenters. The summed E-state index contributed by atoms with van der Waals surface area (Å²) in [4.78, 5) is 8.71. The van der Waals surface area contributed by atoms with Gasteiger partial charge in [-0.2, -0.15) is 0 Å². The first-order valence-electron chi connectivity index (χ1n) is 5.80. The highest BCUT2D eigenvalue weighted by molar-refractivity contribution is 7.99. The number of nitrogen functional groups attached to an aromatic ring is 1. The number of nitrogens with one attached hydrogen (secondary N) is 1. The van der Waals surface area contributed by atoms with Gasteiger partial charge in [-0.3, -0.25) is 0 Å². The second-order valence-corrected chi connectivity index (χ2v) is 5.71. The van der Waals surface area contributed by atoms with Gasteiger partial charge in [0.15, 0.2) is 5.16 Å². The predicted molar refractivity (Wildman–Crippen MR) is 82.4 cm³/mol. The zero-order valence-electron chi connectivity index (χ0n) is 10.9. The number of anilines is 1. The second-order valence-electron chi connectivity index (χ2n) is 3.94. The number of aromatic nitrogens is 2.